The minimum Gasteiger partial charge on any atom is -0.488 e. The maximum Gasteiger partial charge on any atom is 0.124 e. The Hall–Kier alpha value is -1.78. The molecule has 0 aliphatic carbocycles. The predicted octanol–water partition coefficient (Wildman–Crippen LogP) is 5.35. The van der Waals surface area contributed by atoms with E-state index in [9.17, 15) is 5.11 Å². The number of rotatable bonds is 8. The lowest BCUT2D eigenvalue weighted by molar-refractivity contribution is 0.237. The molecule has 0 saturated carbocycles. The maximum absolute atomic E-state index is 9.46. The van der Waals surface area contributed by atoms with Crippen molar-refractivity contribution in [3.05, 3.63) is 76.8 Å². The molecule has 5 heteroatoms. The van der Waals surface area contributed by atoms with Gasteiger partial charge in [0.1, 0.15) is 12.4 Å². The fourth-order valence-corrected chi connectivity index (χ4v) is 3.18. The van der Waals surface area contributed by atoms with Crippen molar-refractivity contribution in [1.82, 2.24) is 5.32 Å². The molecule has 0 aromatic heterocycles. The zero-order valence-corrected chi connectivity index (χ0v) is 16.9. The Morgan fingerprint density at radius 1 is 1.04 bits per heavy atom. The SMILES string of the molecule is CCC(CO)NCc1c(OCc2ccccc2Cl)ccc2ccccc12.Cl. The van der Waals surface area contributed by atoms with E-state index < -0.39 is 0 Å². The number of hydrogen-bond acceptors (Lipinski definition) is 3. The summed E-state index contributed by atoms with van der Waals surface area (Å²) in [5, 5.41) is 15.9. The monoisotopic (exact) mass is 405 g/mol. The van der Waals surface area contributed by atoms with Gasteiger partial charge in [-0.15, -0.1) is 12.4 Å². The number of fused-ring (bicyclic) bond motifs is 1. The Morgan fingerprint density at radius 2 is 1.78 bits per heavy atom. The van der Waals surface area contributed by atoms with Crippen LogP contribution in [0.5, 0.6) is 5.75 Å². The zero-order valence-electron chi connectivity index (χ0n) is 15.3. The Kier molecular flexibility index (Phi) is 8.39. The molecule has 0 aliphatic rings. The summed E-state index contributed by atoms with van der Waals surface area (Å²) >= 11 is 6.25. The molecule has 0 heterocycles. The van der Waals surface area contributed by atoms with Crippen molar-refractivity contribution >= 4 is 34.8 Å². The van der Waals surface area contributed by atoms with E-state index in [1.165, 1.54) is 5.39 Å². The van der Waals surface area contributed by atoms with Crippen molar-refractivity contribution in [2.45, 2.75) is 32.5 Å². The molecule has 0 fully saturated rings. The van der Waals surface area contributed by atoms with Gasteiger partial charge in [0.25, 0.3) is 0 Å². The predicted molar refractivity (Wildman–Crippen MR) is 115 cm³/mol. The first-order valence-electron chi connectivity index (χ1n) is 8.94. The molecule has 3 nitrogen and oxygen atoms in total. The van der Waals surface area contributed by atoms with Crippen LogP contribution in [0.2, 0.25) is 5.02 Å². The second-order valence-corrected chi connectivity index (χ2v) is 6.72. The molecule has 2 N–H and O–H groups in total. The first-order chi connectivity index (χ1) is 12.7. The largest absolute Gasteiger partial charge is 0.488 e. The van der Waals surface area contributed by atoms with Gasteiger partial charge in [-0.2, -0.15) is 0 Å². The maximum atomic E-state index is 9.46. The molecular formula is C22H25Cl2NO2. The molecular weight excluding hydrogens is 381 g/mol. The van der Waals surface area contributed by atoms with Crippen LogP contribution in [0.15, 0.2) is 60.7 Å². The second kappa shape index (κ2) is 10.5. The highest BCUT2D eigenvalue weighted by molar-refractivity contribution is 6.31. The van der Waals surface area contributed by atoms with Crippen LogP contribution in [0.25, 0.3) is 10.8 Å². The molecule has 0 aliphatic heterocycles. The van der Waals surface area contributed by atoms with E-state index in [0.29, 0.717) is 18.2 Å². The molecule has 1 unspecified atom stereocenters. The molecule has 27 heavy (non-hydrogen) atoms. The molecule has 0 amide bonds. The molecule has 3 aromatic rings. The summed E-state index contributed by atoms with van der Waals surface area (Å²) in [5.41, 5.74) is 2.06. The third-order valence-electron chi connectivity index (χ3n) is 4.62. The second-order valence-electron chi connectivity index (χ2n) is 6.31. The van der Waals surface area contributed by atoms with Crippen molar-refractivity contribution < 1.29 is 9.84 Å². The molecule has 3 aromatic carbocycles. The summed E-state index contributed by atoms with van der Waals surface area (Å²) in [6.07, 6.45) is 0.872. The molecule has 0 saturated heterocycles. The Morgan fingerprint density at radius 3 is 2.52 bits per heavy atom. The van der Waals surface area contributed by atoms with E-state index in [2.05, 4.69) is 30.4 Å². The van der Waals surface area contributed by atoms with Crippen LogP contribution < -0.4 is 10.1 Å². The van der Waals surface area contributed by atoms with Gasteiger partial charge in [-0.25, -0.2) is 0 Å². The van der Waals surface area contributed by atoms with Crippen molar-refractivity contribution in [3.8, 4) is 5.75 Å². The van der Waals surface area contributed by atoms with Crippen molar-refractivity contribution in [2.75, 3.05) is 6.61 Å². The van der Waals surface area contributed by atoms with Crippen LogP contribution >= 0.6 is 24.0 Å². The fourth-order valence-electron chi connectivity index (χ4n) is 2.99. The van der Waals surface area contributed by atoms with Crippen LogP contribution in [0.3, 0.4) is 0 Å². The topological polar surface area (TPSA) is 41.5 Å². The van der Waals surface area contributed by atoms with Crippen molar-refractivity contribution in [3.63, 3.8) is 0 Å². The third kappa shape index (κ3) is 5.36. The minimum absolute atomic E-state index is 0. The molecule has 144 valence electrons. The van der Waals surface area contributed by atoms with Gasteiger partial charge in [0.2, 0.25) is 0 Å². The molecule has 0 spiro atoms. The van der Waals surface area contributed by atoms with E-state index in [4.69, 9.17) is 16.3 Å². The lowest BCUT2D eigenvalue weighted by Gasteiger charge is -2.18. The van der Waals surface area contributed by atoms with Gasteiger partial charge in [-0.05, 0) is 29.3 Å². The minimum atomic E-state index is 0. The first kappa shape index (κ1) is 21.5. The van der Waals surface area contributed by atoms with Gasteiger partial charge in [0.05, 0.1) is 6.61 Å². The average molecular weight is 406 g/mol. The Labute approximate surface area is 171 Å². The summed E-state index contributed by atoms with van der Waals surface area (Å²) in [4.78, 5) is 0. The highest BCUT2D eigenvalue weighted by atomic mass is 35.5. The van der Waals surface area contributed by atoms with Crippen LogP contribution in [-0.2, 0) is 13.2 Å². The third-order valence-corrected chi connectivity index (χ3v) is 4.99. The van der Waals surface area contributed by atoms with Gasteiger partial charge in [-0.3, -0.25) is 0 Å². The summed E-state index contributed by atoms with van der Waals surface area (Å²) in [7, 11) is 0. The van der Waals surface area contributed by atoms with E-state index in [0.717, 1.165) is 28.7 Å². The van der Waals surface area contributed by atoms with Gasteiger partial charge in [-0.1, -0.05) is 67.1 Å². The number of ether oxygens (including phenoxy) is 1. The Bertz CT molecular complexity index is 866. The van der Waals surface area contributed by atoms with E-state index >= 15 is 0 Å². The number of benzene rings is 3. The van der Waals surface area contributed by atoms with Gasteiger partial charge >= 0.3 is 0 Å². The summed E-state index contributed by atoms with van der Waals surface area (Å²) in [6, 6.07) is 20.1. The van der Waals surface area contributed by atoms with Gasteiger partial charge in [0.15, 0.2) is 0 Å². The van der Waals surface area contributed by atoms with Gasteiger partial charge in [0, 0.05) is 28.7 Å². The van der Waals surface area contributed by atoms with Crippen LogP contribution in [0, 0.1) is 0 Å². The first-order valence-corrected chi connectivity index (χ1v) is 9.31. The highest BCUT2D eigenvalue weighted by Crippen LogP contribution is 2.29. The normalized spacial score (nSPS) is 11.8. The quantitative estimate of drug-likeness (QED) is 0.530. The highest BCUT2D eigenvalue weighted by Gasteiger charge is 2.12. The number of aliphatic hydroxyl groups excluding tert-OH is 1. The standard InChI is InChI=1S/C22H24ClNO2.ClH/c1-2-18(14-25)24-13-20-19-9-5-3-7-16(19)11-12-22(20)26-15-17-8-4-6-10-21(17)23;/h3-12,18,24-25H,2,13-15H2,1H3;1H. The summed E-state index contributed by atoms with van der Waals surface area (Å²) < 4.78 is 6.12. The molecule has 1 atom stereocenters. The lowest BCUT2D eigenvalue weighted by atomic mass is 10.0. The number of hydrogen-bond donors (Lipinski definition) is 2. The smallest absolute Gasteiger partial charge is 0.124 e. The number of aliphatic hydroxyl groups is 1. The lowest BCUT2D eigenvalue weighted by Crippen LogP contribution is -2.31. The van der Waals surface area contributed by atoms with Crippen molar-refractivity contribution in [2.24, 2.45) is 0 Å². The summed E-state index contributed by atoms with van der Waals surface area (Å²) in [6.45, 7) is 3.24. The average Bonchev–Trinajstić information content (AvgIpc) is 2.68. The van der Waals surface area contributed by atoms with E-state index in [-0.39, 0.29) is 25.1 Å². The zero-order chi connectivity index (χ0) is 18.4. The Balaban J connectivity index is 0.00000261. The van der Waals surface area contributed by atoms with E-state index in [1.807, 2.05) is 42.5 Å². The van der Waals surface area contributed by atoms with Crippen molar-refractivity contribution in [1.29, 1.82) is 0 Å². The summed E-state index contributed by atoms with van der Waals surface area (Å²) in [5.74, 6) is 0.837. The van der Waals surface area contributed by atoms with Gasteiger partial charge < -0.3 is 15.2 Å². The fraction of sp³-hybridized carbons (Fsp3) is 0.273. The number of halogens is 2. The molecule has 0 bridgehead atoms. The van der Waals surface area contributed by atoms with Crippen LogP contribution in [0.4, 0.5) is 0 Å². The van der Waals surface area contributed by atoms with E-state index in [1.54, 1.807) is 0 Å². The molecule has 0 radical (unpaired) electrons. The van der Waals surface area contributed by atoms with Crippen LogP contribution in [-0.4, -0.2) is 17.8 Å². The number of nitrogens with one attached hydrogen (secondary N) is 1. The molecule has 3 rings (SSSR count). The van der Waals surface area contributed by atoms with Crippen LogP contribution in [0.1, 0.15) is 24.5 Å².